The van der Waals surface area contributed by atoms with Crippen molar-refractivity contribution in [3.63, 3.8) is 0 Å². The second-order valence-electron chi connectivity index (χ2n) is 3.99. The van der Waals surface area contributed by atoms with Gasteiger partial charge in [0.1, 0.15) is 0 Å². The maximum Gasteiger partial charge on any atom is 0.343 e. The molecule has 0 aliphatic carbocycles. The summed E-state index contributed by atoms with van der Waals surface area (Å²) in [7, 11) is 0. The van der Waals surface area contributed by atoms with Gasteiger partial charge in [0.2, 0.25) is 0 Å². The monoisotopic (exact) mass is 308 g/mol. The summed E-state index contributed by atoms with van der Waals surface area (Å²) in [6.07, 6.45) is 0. The molecule has 0 radical (unpaired) electrons. The normalized spacial score (nSPS) is 8.73. The summed E-state index contributed by atoms with van der Waals surface area (Å²) in [6.45, 7) is 0. The molecule has 0 unspecified atom stereocenters. The Labute approximate surface area is 127 Å². The third-order valence-corrected chi connectivity index (χ3v) is 2.41. The van der Waals surface area contributed by atoms with Crippen LogP contribution >= 0.6 is 0 Å². The predicted molar refractivity (Wildman–Crippen MR) is 85.8 cm³/mol. The van der Waals surface area contributed by atoms with Gasteiger partial charge in [0.25, 0.3) is 0 Å². The zero-order chi connectivity index (χ0) is 17.1. The number of benzene rings is 2. The Morgan fingerprint density at radius 2 is 1.00 bits per heavy atom. The zero-order valence-corrected chi connectivity index (χ0v) is 11.8. The van der Waals surface area contributed by atoms with Crippen LogP contribution in [0.2, 0.25) is 0 Å². The standard InChI is InChI=1S/C12H12N2.CH6N4O.H2O2/c13-11-5-1-9(2-6-11)10-3-7-12(14)8-4-10;2-1(6)5(3)4;1-2/h1-8H,13-14H2;3-4H2,(H2,2,6);1-2H. The minimum absolute atomic E-state index is 0.306. The lowest BCUT2D eigenvalue weighted by atomic mass is 10.1. The molecule has 0 aromatic heterocycles. The van der Waals surface area contributed by atoms with Crippen molar-refractivity contribution in [1.82, 2.24) is 5.12 Å². The van der Waals surface area contributed by atoms with E-state index in [2.05, 4.69) is 17.4 Å². The summed E-state index contributed by atoms with van der Waals surface area (Å²) in [5, 5.41) is 12.3. The molecule has 9 heteroatoms. The molecule has 0 fully saturated rings. The van der Waals surface area contributed by atoms with Crippen LogP contribution in [-0.2, 0) is 0 Å². The highest BCUT2D eigenvalue weighted by Crippen LogP contribution is 2.21. The summed E-state index contributed by atoms with van der Waals surface area (Å²) in [5.74, 6) is 9.14. The molecule has 2 amide bonds. The van der Waals surface area contributed by atoms with E-state index in [4.69, 9.17) is 22.0 Å². The Morgan fingerprint density at radius 1 is 0.773 bits per heavy atom. The molecule has 0 heterocycles. The highest BCUT2D eigenvalue weighted by Gasteiger charge is 1.95. The molecule has 12 N–H and O–H groups in total. The van der Waals surface area contributed by atoms with Crippen LogP contribution in [0.1, 0.15) is 0 Å². The molecule has 9 nitrogen and oxygen atoms in total. The average molecular weight is 308 g/mol. The first-order valence-electron chi connectivity index (χ1n) is 5.90. The number of nitrogen functional groups attached to an aromatic ring is 2. The highest BCUT2D eigenvalue weighted by molar-refractivity contribution is 5.70. The lowest BCUT2D eigenvalue weighted by Crippen LogP contribution is -2.46. The maximum atomic E-state index is 9.60. The molecule has 0 saturated heterocycles. The number of nitrogens with zero attached hydrogens (tertiary/aromatic N) is 1. The third-order valence-electron chi connectivity index (χ3n) is 2.41. The third kappa shape index (κ3) is 7.07. The minimum Gasteiger partial charge on any atom is -0.399 e. The lowest BCUT2D eigenvalue weighted by Gasteiger charge is -2.02. The molecule has 2 rings (SSSR count). The summed E-state index contributed by atoms with van der Waals surface area (Å²) >= 11 is 0. The maximum absolute atomic E-state index is 9.60. The first-order valence-corrected chi connectivity index (χ1v) is 5.90. The van der Waals surface area contributed by atoms with E-state index < -0.39 is 6.03 Å². The van der Waals surface area contributed by atoms with E-state index in [0.717, 1.165) is 22.5 Å². The van der Waals surface area contributed by atoms with E-state index in [1.807, 2.05) is 48.5 Å². The van der Waals surface area contributed by atoms with Gasteiger partial charge in [-0.3, -0.25) is 10.5 Å². The van der Waals surface area contributed by atoms with Gasteiger partial charge in [-0.1, -0.05) is 24.3 Å². The van der Waals surface area contributed by atoms with E-state index in [1.165, 1.54) is 0 Å². The molecular formula is C13H20N6O3. The topological polar surface area (TPSA) is 191 Å². The number of amides is 2. The van der Waals surface area contributed by atoms with Gasteiger partial charge in [-0.2, -0.15) is 5.12 Å². The van der Waals surface area contributed by atoms with Crippen molar-refractivity contribution < 1.29 is 15.3 Å². The number of rotatable bonds is 1. The Bertz CT molecular complexity index is 513. The Morgan fingerprint density at radius 3 is 1.18 bits per heavy atom. The van der Waals surface area contributed by atoms with Crippen LogP contribution in [0.3, 0.4) is 0 Å². The van der Waals surface area contributed by atoms with Crippen LogP contribution < -0.4 is 28.9 Å². The summed E-state index contributed by atoms with van der Waals surface area (Å²) < 4.78 is 0. The van der Waals surface area contributed by atoms with E-state index in [-0.39, 0.29) is 0 Å². The zero-order valence-electron chi connectivity index (χ0n) is 11.8. The average Bonchev–Trinajstić information content (AvgIpc) is 2.51. The van der Waals surface area contributed by atoms with E-state index in [9.17, 15) is 4.79 Å². The first-order chi connectivity index (χ1) is 10.4. The van der Waals surface area contributed by atoms with Crippen molar-refractivity contribution in [2.75, 3.05) is 11.5 Å². The smallest absolute Gasteiger partial charge is 0.343 e. The first kappa shape index (κ1) is 19.2. The molecular weight excluding hydrogens is 288 g/mol. The van der Waals surface area contributed by atoms with Gasteiger partial charge < -0.3 is 17.2 Å². The highest BCUT2D eigenvalue weighted by atomic mass is 17.0. The van der Waals surface area contributed by atoms with E-state index in [1.54, 1.807) is 0 Å². The number of anilines is 2. The minimum atomic E-state index is -0.852. The fourth-order valence-electron chi connectivity index (χ4n) is 1.35. The van der Waals surface area contributed by atoms with Crippen LogP contribution in [0.4, 0.5) is 16.2 Å². The molecule has 0 bridgehead atoms. The van der Waals surface area contributed by atoms with Crippen molar-refractivity contribution in [3.05, 3.63) is 48.5 Å². The molecule has 0 aliphatic heterocycles. The van der Waals surface area contributed by atoms with Crippen molar-refractivity contribution >= 4 is 17.4 Å². The summed E-state index contributed by atoms with van der Waals surface area (Å²) in [4.78, 5) is 9.60. The van der Waals surface area contributed by atoms with Crippen molar-refractivity contribution in [2.24, 2.45) is 17.4 Å². The second kappa shape index (κ2) is 9.96. The fraction of sp³-hybridized carbons (Fsp3) is 0. The molecule has 120 valence electrons. The quantitative estimate of drug-likeness (QED) is 0.132. The Hall–Kier alpha value is -2.85. The van der Waals surface area contributed by atoms with E-state index in [0.29, 0.717) is 5.12 Å². The van der Waals surface area contributed by atoms with Gasteiger partial charge in [0.05, 0.1) is 0 Å². The summed E-state index contributed by atoms with van der Waals surface area (Å²) in [6, 6.07) is 14.7. The van der Waals surface area contributed by atoms with Gasteiger partial charge in [-0.05, 0) is 35.4 Å². The SMILES string of the molecule is NC(=O)N(N)N.Nc1ccc(-c2ccc(N)cc2)cc1.OO. The molecule has 2 aromatic carbocycles. The number of nitrogens with two attached hydrogens (primary N) is 5. The number of urea groups is 1. The number of hydrazine groups is 2. The number of carbonyl (C=O) groups is 1. The lowest BCUT2D eigenvalue weighted by molar-refractivity contribution is -0.176. The van der Waals surface area contributed by atoms with Crippen LogP contribution in [0.15, 0.2) is 48.5 Å². The number of primary amides is 1. The molecule has 2 aromatic rings. The fourth-order valence-corrected chi connectivity index (χ4v) is 1.35. The van der Waals surface area contributed by atoms with Crippen molar-refractivity contribution in [1.29, 1.82) is 0 Å². The molecule has 0 aliphatic rings. The van der Waals surface area contributed by atoms with Gasteiger partial charge >= 0.3 is 6.03 Å². The van der Waals surface area contributed by atoms with Crippen molar-refractivity contribution in [3.8, 4) is 11.1 Å². The second-order valence-corrected chi connectivity index (χ2v) is 3.99. The van der Waals surface area contributed by atoms with Crippen LogP contribution in [0.5, 0.6) is 0 Å². The number of carbonyl (C=O) groups excluding carboxylic acids is 1. The van der Waals surface area contributed by atoms with Crippen LogP contribution in [0.25, 0.3) is 11.1 Å². The molecule has 22 heavy (non-hydrogen) atoms. The number of hydrogen-bond acceptors (Lipinski definition) is 7. The number of hydrogen-bond donors (Lipinski definition) is 7. The van der Waals surface area contributed by atoms with E-state index >= 15 is 0 Å². The van der Waals surface area contributed by atoms with Gasteiger partial charge in [-0.15, -0.1) is 0 Å². The van der Waals surface area contributed by atoms with Crippen molar-refractivity contribution in [2.45, 2.75) is 0 Å². The van der Waals surface area contributed by atoms with Gasteiger partial charge in [0, 0.05) is 11.4 Å². The largest absolute Gasteiger partial charge is 0.399 e. The molecule has 0 atom stereocenters. The molecule has 0 saturated carbocycles. The van der Waals surface area contributed by atoms with Crippen LogP contribution in [-0.4, -0.2) is 21.7 Å². The Kier molecular flexibility index (Phi) is 8.67. The predicted octanol–water partition coefficient (Wildman–Crippen LogP) is 0.650. The van der Waals surface area contributed by atoms with Crippen LogP contribution in [0, 0.1) is 0 Å². The molecule has 0 spiro atoms. The van der Waals surface area contributed by atoms with Gasteiger partial charge in [-0.25, -0.2) is 16.5 Å². The Balaban J connectivity index is 0.000000470. The van der Waals surface area contributed by atoms with Gasteiger partial charge in [0.15, 0.2) is 0 Å². The summed E-state index contributed by atoms with van der Waals surface area (Å²) in [5.41, 5.74) is 19.6.